The predicted octanol–water partition coefficient (Wildman–Crippen LogP) is 2.44. The fourth-order valence-corrected chi connectivity index (χ4v) is 5.49. The average molecular weight is 238 g/mol. The second-order valence-electron chi connectivity index (χ2n) is 7.48. The molecule has 17 heavy (non-hydrogen) atoms. The van der Waals surface area contributed by atoms with Gasteiger partial charge in [0.15, 0.2) is 0 Å². The van der Waals surface area contributed by atoms with E-state index in [2.05, 4.69) is 20.8 Å². The Morgan fingerprint density at radius 2 is 1.82 bits per heavy atom. The molecule has 0 aliphatic heterocycles. The summed E-state index contributed by atoms with van der Waals surface area (Å²) in [4.78, 5) is 0. The fourth-order valence-electron chi connectivity index (χ4n) is 5.49. The molecule has 3 aliphatic carbocycles. The average Bonchev–Trinajstić information content (AvgIpc) is 2.86. The molecule has 2 N–H and O–H groups in total. The summed E-state index contributed by atoms with van der Waals surface area (Å²) in [5.41, 5.74) is 0.277. The first-order chi connectivity index (χ1) is 7.95. The predicted molar refractivity (Wildman–Crippen MR) is 67.4 cm³/mol. The van der Waals surface area contributed by atoms with Gasteiger partial charge in [0.05, 0.1) is 12.7 Å². The highest BCUT2D eigenvalue weighted by molar-refractivity contribution is 5.17. The van der Waals surface area contributed by atoms with Gasteiger partial charge in [0.2, 0.25) is 0 Å². The molecule has 0 saturated heterocycles. The highest BCUT2D eigenvalue weighted by Crippen LogP contribution is 2.73. The van der Waals surface area contributed by atoms with Gasteiger partial charge >= 0.3 is 0 Å². The lowest BCUT2D eigenvalue weighted by molar-refractivity contribution is -0.132. The van der Waals surface area contributed by atoms with E-state index in [-0.39, 0.29) is 18.1 Å². The molecule has 0 heterocycles. The first-order valence-electron chi connectivity index (χ1n) is 7.24. The summed E-state index contributed by atoms with van der Waals surface area (Å²) < 4.78 is 0. The Kier molecular flexibility index (Phi) is 2.45. The van der Waals surface area contributed by atoms with Crippen molar-refractivity contribution < 1.29 is 10.2 Å². The van der Waals surface area contributed by atoms with Crippen LogP contribution in [0.4, 0.5) is 0 Å². The van der Waals surface area contributed by atoms with E-state index in [0.717, 1.165) is 31.1 Å². The van der Waals surface area contributed by atoms with Crippen molar-refractivity contribution in [3.05, 3.63) is 0 Å². The fraction of sp³-hybridized carbons (Fsp3) is 1.00. The standard InChI is InChI=1S/C15H26O2/c1-9-4-5-11(17)15(8-16)7-6-10-13(12(9)15)14(10,2)3/h9-13,16-17H,4-8H2,1-3H3/t9-,10-,11-,12+,13-,15+/m1/s1. The summed E-state index contributed by atoms with van der Waals surface area (Å²) >= 11 is 0. The molecule has 0 unspecified atom stereocenters. The van der Waals surface area contributed by atoms with Gasteiger partial charge < -0.3 is 10.2 Å². The van der Waals surface area contributed by atoms with Crippen LogP contribution in [0.2, 0.25) is 0 Å². The lowest BCUT2D eigenvalue weighted by Gasteiger charge is -2.52. The zero-order chi connectivity index (χ0) is 12.4. The van der Waals surface area contributed by atoms with Gasteiger partial charge in [-0.3, -0.25) is 0 Å². The maximum Gasteiger partial charge on any atom is 0.0621 e. The topological polar surface area (TPSA) is 40.5 Å². The summed E-state index contributed by atoms with van der Waals surface area (Å²) in [6.07, 6.45) is 3.98. The van der Waals surface area contributed by atoms with E-state index in [4.69, 9.17) is 0 Å². The maximum absolute atomic E-state index is 10.4. The number of aliphatic hydroxyl groups excluding tert-OH is 2. The molecule has 3 saturated carbocycles. The Morgan fingerprint density at radius 1 is 1.12 bits per heavy atom. The van der Waals surface area contributed by atoms with E-state index in [9.17, 15) is 10.2 Å². The molecule has 0 radical (unpaired) electrons. The number of hydrogen-bond donors (Lipinski definition) is 2. The van der Waals surface area contributed by atoms with Crippen molar-refractivity contribution in [2.75, 3.05) is 6.61 Å². The van der Waals surface area contributed by atoms with Crippen LogP contribution in [0.3, 0.4) is 0 Å². The number of hydrogen-bond acceptors (Lipinski definition) is 2. The summed E-state index contributed by atoms with van der Waals surface area (Å²) in [5.74, 6) is 2.80. The van der Waals surface area contributed by atoms with Gasteiger partial charge in [0, 0.05) is 5.41 Å². The Bertz CT molecular complexity index is 325. The van der Waals surface area contributed by atoms with Crippen LogP contribution >= 0.6 is 0 Å². The van der Waals surface area contributed by atoms with Gasteiger partial charge in [-0.15, -0.1) is 0 Å². The van der Waals surface area contributed by atoms with Crippen molar-refractivity contribution in [3.63, 3.8) is 0 Å². The largest absolute Gasteiger partial charge is 0.396 e. The normalized spacial score (nSPS) is 55.9. The van der Waals surface area contributed by atoms with Crippen molar-refractivity contribution in [2.45, 2.75) is 52.6 Å². The molecule has 0 aromatic carbocycles. The minimum Gasteiger partial charge on any atom is -0.396 e. The number of fused-ring (bicyclic) bond motifs is 3. The first-order valence-corrected chi connectivity index (χ1v) is 7.24. The molecule has 6 atom stereocenters. The smallest absolute Gasteiger partial charge is 0.0621 e. The molecular weight excluding hydrogens is 212 g/mol. The molecule has 0 aromatic heterocycles. The molecule has 3 aliphatic rings. The van der Waals surface area contributed by atoms with Gasteiger partial charge in [0.1, 0.15) is 0 Å². The van der Waals surface area contributed by atoms with Gasteiger partial charge in [-0.2, -0.15) is 0 Å². The summed E-state index contributed by atoms with van der Waals surface area (Å²) in [5, 5.41) is 20.3. The third kappa shape index (κ3) is 1.34. The maximum atomic E-state index is 10.4. The van der Waals surface area contributed by atoms with Gasteiger partial charge in [-0.25, -0.2) is 0 Å². The Morgan fingerprint density at radius 3 is 2.47 bits per heavy atom. The highest BCUT2D eigenvalue weighted by atomic mass is 16.3. The zero-order valence-electron chi connectivity index (χ0n) is 11.3. The molecule has 0 aromatic rings. The molecule has 2 heteroatoms. The van der Waals surface area contributed by atoms with Crippen LogP contribution in [0.25, 0.3) is 0 Å². The molecule has 0 amide bonds. The van der Waals surface area contributed by atoms with E-state index < -0.39 is 0 Å². The molecule has 98 valence electrons. The Hall–Kier alpha value is -0.0800. The second-order valence-corrected chi connectivity index (χ2v) is 7.48. The third-order valence-electron chi connectivity index (χ3n) is 6.58. The van der Waals surface area contributed by atoms with Crippen LogP contribution in [-0.4, -0.2) is 22.9 Å². The van der Waals surface area contributed by atoms with Crippen LogP contribution in [0.5, 0.6) is 0 Å². The van der Waals surface area contributed by atoms with E-state index in [1.54, 1.807) is 0 Å². The quantitative estimate of drug-likeness (QED) is 0.736. The zero-order valence-corrected chi connectivity index (χ0v) is 11.3. The number of rotatable bonds is 1. The van der Waals surface area contributed by atoms with Crippen LogP contribution < -0.4 is 0 Å². The molecular formula is C15H26O2. The molecule has 3 fully saturated rings. The summed E-state index contributed by atoms with van der Waals surface area (Å²) in [6.45, 7) is 7.27. The van der Waals surface area contributed by atoms with E-state index >= 15 is 0 Å². The van der Waals surface area contributed by atoms with Crippen LogP contribution in [0, 0.1) is 34.5 Å². The summed E-state index contributed by atoms with van der Waals surface area (Å²) in [6, 6.07) is 0. The Balaban J connectivity index is 1.97. The lowest BCUT2D eigenvalue weighted by atomic mass is 9.54. The van der Waals surface area contributed by atoms with Crippen molar-refractivity contribution in [1.82, 2.24) is 0 Å². The van der Waals surface area contributed by atoms with Crippen LogP contribution in [-0.2, 0) is 0 Å². The highest BCUT2D eigenvalue weighted by Gasteiger charge is 2.69. The van der Waals surface area contributed by atoms with Crippen molar-refractivity contribution in [2.24, 2.45) is 34.5 Å². The van der Waals surface area contributed by atoms with E-state index in [1.165, 1.54) is 6.42 Å². The van der Waals surface area contributed by atoms with E-state index in [0.29, 0.717) is 17.3 Å². The van der Waals surface area contributed by atoms with Gasteiger partial charge in [0.25, 0.3) is 0 Å². The van der Waals surface area contributed by atoms with Crippen molar-refractivity contribution in [3.8, 4) is 0 Å². The minimum absolute atomic E-state index is 0.174. The van der Waals surface area contributed by atoms with Crippen molar-refractivity contribution >= 4 is 0 Å². The SMILES string of the molecule is C[C@@H]1CC[C@@H](O)[C@@]2(CO)CC[C@@H]3[C@H]([C@H]12)C3(C)C. The van der Waals surface area contributed by atoms with E-state index in [1.807, 2.05) is 0 Å². The molecule has 0 bridgehead atoms. The minimum atomic E-state index is -0.272. The third-order valence-corrected chi connectivity index (χ3v) is 6.58. The molecule has 3 rings (SSSR count). The Labute approximate surface area is 104 Å². The molecule has 2 nitrogen and oxygen atoms in total. The van der Waals surface area contributed by atoms with Gasteiger partial charge in [-0.05, 0) is 54.8 Å². The number of aliphatic hydroxyl groups is 2. The van der Waals surface area contributed by atoms with Crippen LogP contribution in [0.1, 0.15) is 46.5 Å². The molecule has 0 spiro atoms. The first kappa shape index (κ1) is 12.0. The lowest BCUT2D eigenvalue weighted by Crippen LogP contribution is -2.53. The van der Waals surface area contributed by atoms with Crippen LogP contribution in [0.15, 0.2) is 0 Å². The van der Waals surface area contributed by atoms with Gasteiger partial charge in [-0.1, -0.05) is 20.8 Å². The monoisotopic (exact) mass is 238 g/mol. The summed E-state index contributed by atoms with van der Waals surface area (Å²) in [7, 11) is 0. The second kappa shape index (κ2) is 3.48. The van der Waals surface area contributed by atoms with Crippen molar-refractivity contribution in [1.29, 1.82) is 0 Å².